The van der Waals surface area contributed by atoms with Crippen LogP contribution < -0.4 is 4.90 Å². The lowest BCUT2D eigenvalue weighted by Crippen LogP contribution is -2.54. The maximum absolute atomic E-state index is 12.6. The Morgan fingerprint density at radius 3 is 2.87 bits per heavy atom. The van der Waals surface area contributed by atoms with E-state index in [2.05, 4.69) is 14.9 Å². The van der Waals surface area contributed by atoms with Gasteiger partial charge in [-0.05, 0) is 25.8 Å². The first-order chi connectivity index (χ1) is 11.1. The van der Waals surface area contributed by atoms with Gasteiger partial charge in [-0.1, -0.05) is 0 Å². The Kier molecular flexibility index (Phi) is 4.95. The van der Waals surface area contributed by atoms with Crippen molar-refractivity contribution in [1.29, 1.82) is 0 Å². The third-order valence-electron chi connectivity index (χ3n) is 4.59. The van der Waals surface area contributed by atoms with Gasteiger partial charge in [0.25, 0.3) is 0 Å². The number of aromatic nitrogens is 2. The molecular weight excluding hydrogens is 294 g/mol. The van der Waals surface area contributed by atoms with Gasteiger partial charge >= 0.3 is 6.03 Å². The lowest BCUT2D eigenvalue weighted by Gasteiger charge is -2.40. The highest BCUT2D eigenvalue weighted by atomic mass is 16.5. The van der Waals surface area contributed by atoms with E-state index in [4.69, 9.17) is 4.74 Å². The van der Waals surface area contributed by atoms with Crippen molar-refractivity contribution in [3.05, 3.63) is 18.0 Å². The number of rotatable bonds is 2. The van der Waals surface area contributed by atoms with E-state index >= 15 is 0 Å². The average molecular weight is 319 g/mol. The van der Waals surface area contributed by atoms with E-state index in [1.54, 1.807) is 6.20 Å². The van der Waals surface area contributed by atoms with Crippen molar-refractivity contribution >= 4 is 12.0 Å². The minimum Gasteiger partial charge on any atom is -0.378 e. The second kappa shape index (κ2) is 7.12. The average Bonchev–Trinajstić information content (AvgIpc) is 2.61. The molecule has 7 heteroatoms. The van der Waals surface area contributed by atoms with Crippen LogP contribution in [0.15, 0.2) is 12.3 Å². The third-order valence-corrected chi connectivity index (χ3v) is 4.59. The number of ether oxygens (including phenoxy) is 1. The minimum absolute atomic E-state index is 0.102. The summed E-state index contributed by atoms with van der Waals surface area (Å²) in [5.74, 6) is 0.766. The summed E-state index contributed by atoms with van der Waals surface area (Å²) in [6.07, 6.45) is 3.86. The number of nitrogens with zero attached hydrogens (tertiary/aromatic N) is 5. The molecule has 2 amide bonds. The van der Waals surface area contributed by atoms with Gasteiger partial charge in [0.1, 0.15) is 0 Å². The number of carbonyl (C=O) groups excluding carboxylic acids is 1. The summed E-state index contributed by atoms with van der Waals surface area (Å²) in [4.78, 5) is 27.5. The Balaban J connectivity index is 1.64. The summed E-state index contributed by atoms with van der Waals surface area (Å²) < 4.78 is 5.32. The fraction of sp³-hybridized carbons (Fsp3) is 0.688. The van der Waals surface area contributed by atoms with Crippen LogP contribution in [0.2, 0.25) is 0 Å². The van der Waals surface area contributed by atoms with Gasteiger partial charge in [-0.25, -0.2) is 14.8 Å². The van der Waals surface area contributed by atoms with E-state index < -0.39 is 0 Å². The molecule has 2 aliphatic heterocycles. The maximum Gasteiger partial charge on any atom is 0.320 e. The SMILES string of the molecule is Cc1ccnc(N2CCCC(N(C)C(=O)N3CCOCC3)C2)n1. The summed E-state index contributed by atoms with van der Waals surface area (Å²) >= 11 is 0. The second-order valence-electron chi connectivity index (χ2n) is 6.23. The third kappa shape index (κ3) is 3.72. The number of carbonyl (C=O) groups is 1. The molecule has 0 bridgehead atoms. The first-order valence-corrected chi connectivity index (χ1v) is 8.29. The largest absolute Gasteiger partial charge is 0.378 e. The van der Waals surface area contributed by atoms with E-state index in [0.29, 0.717) is 26.3 Å². The smallest absolute Gasteiger partial charge is 0.320 e. The molecule has 1 atom stereocenters. The maximum atomic E-state index is 12.6. The predicted octanol–water partition coefficient (Wildman–Crippen LogP) is 1.14. The van der Waals surface area contributed by atoms with Crippen LogP contribution in [0.1, 0.15) is 18.5 Å². The molecule has 1 aromatic heterocycles. The number of amides is 2. The zero-order valence-corrected chi connectivity index (χ0v) is 13.9. The molecule has 2 fully saturated rings. The van der Waals surface area contributed by atoms with Gasteiger partial charge < -0.3 is 19.4 Å². The number of piperidine rings is 1. The Bertz CT molecular complexity index is 547. The highest BCUT2D eigenvalue weighted by Crippen LogP contribution is 2.20. The van der Waals surface area contributed by atoms with Crippen LogP contribution in [-0.2, 0) is 4.74 Å². The van der Waals surface area contributed by atoms with E-state index in [1.807, 2.05) is 29.8 Å². The van der Waals surface area contributed by atoms with Crippen molar-refractivity contribution in [1.82, 2.24) is 19.8 Å². The Morgan fingerprint density at radius 2 is 2.13 bits per heavy atom. The number of hydrogen-bond donors (Lipinski definition) is 0. The molecule has 7 nitrogen and oxygen atoms in total. The van der Waals surface area contributed by atoms with E-state index in [0.717, 1.165) is 37.6 Å². The summed E-state index contributed by atoms with van der Waals surface area (Å²) in [5.41, 5.74) is 0.967. The molecule has 2 saturated heterocycles. The zero-order valence-electron chi connectivity index (χ0n) is 13.9. The molecule has 3 heterocycles. The quantitative estimate of drug-likeness (QED) is 0.818. The number of likely N-dealkylation sites (N-methyl/N-ethyl adjacent to an activating group) is 1. The summed E-state index contributed by atoms with van der Waals surface area (Å²) in [7, 11) is 1.91. The molecule has 0 saturated carbocycles. The number of hydrogen-bond acceptors (Lipinski definition) is 5. The van der Waals surface area contributed by atoms with Gasteiger partial charge in [0.2, 0.25) is 5.95 Å². The number of aryl methyl sites for hydroxylation is 1. The van der Waals surface area contributed by atoms with Crippen molar-refractivity contribution in [3.63, 3.8) is 0 Å². The fourth-order valence-electron chi connectivity index (χ4n) is 3.17. The fourth-order valence-corrected chi connectivity index (χ4v) is 3.17. The minimum atomic E-state index is 0.102. The van der Waals surface area contributed by atoms with Crippen molar-refractivity contribution < 1.29 is 9.53 Å². The van der Waals surface area contributed by atoms with Crippen LogP contribution in [0.25, 0.3) is 0 Å². The van der Waals surface area contributed by atoms with E-state index in [9.17, 15) is 4.79 Å². The van der Waals surface area contributed by atoms with Gasteiger partial charge in [0, 0.05) is 45.1 Å². The van der Waals surface area contributed by atoms with E-state index in [-0.39, 0.29) is 12.1 Å². The Labute approximate surface area is 137 Å². The molecule has 3 rings (SSSR count). The topological polar surface area (TPSA) is 61.8 Å². The lowest BCUT2D eigenvalue weighted by molar-refractivity contribution is 0.0413. The first kappa shape index (κ1) is 16.0. The second-order valence-corrected chi connectivity index (χ2v) is 6.23. The summed E-state index contributed by atoms with van der Waals surface area (Å²) in [6, 6.07) is 2.20. The molecule has 0 radical (unpaired) electrons. The normalized spacial score (nSPS) is 22.1. The molecule has 2 aliphatic rings. The van der Waals surface area contributed by atoms with Crippen LogP contribution in [-0.4, -0.2) is 78.3 Å². The predicted molar refractivity (Wildman–Crippen MR) is 87.6 cm³/mol. The monoisotopic (exact) mass is 319 g/mol. The molecule has 1 unspecified atom stereocenters. The van der Waals surface area contributed by atoms with Gasteiger partial charge in [-0.2, -0.15) is 0 Å². The molecule has 0 aliphatic carbocycles. The molecule has 0 N–H and O–H groups in total. The lowest BCUT2D eigenvalue weighted by atomic mass is 10.1. The van der Waals surface area contributed by atoms with Crippen molar-refractivity contribution in [2.24, 2.45) is 0 Å². The van der Waals surface area contributed by atoms with Crippen LogP contribution in [0, 0.1) is 6.92 Å². The van der Waals surface area contributed by atoms with Gasteiger partial charge in [0.15, 0.2) is 0 Å². The number of anilines is 1. The molecule has 0 spiro atoms. The first-order valence-electron chi connectivity index (χ1n) is 8.29. The standard InChI is InChI=1S/C16H25N5O2/c1-13-5-6-17-15(18-13)21-7-3-4-14(12-21)19(2)16(22)20-8-10-23-11-9-20/h5-6,14H,3-4,7-12H2,1-2H3. The van der Waals surface area contributed by atoms with Gasteiger partial charge in [-0.15, -0.1) is 0 Å². The molecule has 23 heavy (non-hydrogen) atoms. The van der Waals surface area contributed by atoms with Crippen LogP contribution >= 0.6 is 0 Å². The Morgan fingerprint density at radius 1 is 1.35 bits per heavy atom. The molecular formula is C16H25N5O2. The molecule has 0 aromatic carbocycles. The van der Waals surface area contributed by atoms with Gasteiger partial charge in [0.05, 0.1) is 19.3 Å². The Hall–Kier alpha value is -1.89. The van der Waals surface area contributed by atoms with Crippen LogP contribution in [0.3, 0.4) is 0 Å². The highest BCUT2D eigenvalue weighted by Gasteiger charge is 2.30. The van der Waals surface area contributed by atoms with Crippen molar-refractivity contribution in [2.75, 3.05) is 51.3 Å². The highest BCUT2D eigenvalue weighted by molar-refractivity contribution is 5.74. The van der Waals surface area contributed by atoms with Crippen LogP contribution in [0.4, 0.5) is 10.7 Å². The number of urea groups is 1. The zero-order chi connectivity index (χ0) is 16.2. The van der Waals surface area contributed by atoms with Gasteiger partial charge in [-0.3, -0.25) is 0 Å². The molecule has 126 valence electrons. The summed E-state index contributed by atoms with van der Waals surface area (Å²) in [5, 5.41) is 0. The van der Waals surface area contributed by atoms with Crippen molar-refractivity contribution in [3.8, 4) is 0 Å². The van der Waals surface area contributed by atoms with Crippen LogP contribution in [0.5, 0.6) is 0 Å². The summed E-state index contributed by atoms with van der Waals surface area (Å²) in [6.45, 7) is 6.33. The van der Waals surface area contributed by atoms with E-state index in [1.165, 1.54) is 0 Å². The molecule has 1 aromatic rings. The van der Waals surface area contributed by atoms with Crippen molar-refractivity contribution in [2.45, 2.75) is 25.8 Å². The number of morpholine rings is 1.